The Bertz CT molecular complexity index is 1490. The Balaban J connectivity index is 1.50. The molecule has 0 radical (unpaired) electrons. The molecule has 3 aromatic rings. The van der Waals surface area contributed by atoms with Crippen LogP contribution in [0.2, 0.25) is 0 Å². The average molecular weight is 601 g/mol. The molecule has 0 aromatic heterocycles. The van der Waals surface area contributed by atoms with E-state index in [-0.39, 0.29) is 25.2 Å². The van der Waals surface area contributed by atoms with Crippen LogP contribution in [0, 0.1) is 25.7 Å². The number of fused-ring (bicyclic) bond motifs is 1. The Hall–Kier alpha value is -4.04. The molecule has 0 spiro atoms. The second-order valence-electron chi connectivity index (χ2n) is 12.3. The molecule has 3 aromatic carbocycles. The molecule has 1 fully saturated rings. The molecule has 8 heteroatoms. The Kier molecular flexibility index (Phi) is 9.49. The molecule has 44 heavy (non-hydrogen) atoms. The number of aryl methyl sites for hydroxylation is 3. The Morgan fingerprint density at radius 2 is 1.70 bits per heavy atom. The van der Waals surface area contributed by atoms with Gasteiger partial charge in [-0.2, -0.15) is 0 Å². The third kappa shape index (κ3) is 6.41. The maximum Gasteiger partial charge on any atom is 0.309 e. The van der Waals surface area contributed by atoms with E-state index in [1.165, 1.54) is 5.56 Å². The molecule has 1 unspecified atom stereocenters. The van der Waals surface area contributed by atoms with Crippen molar-refractivity contribution in [2.75, 3.05) is 31.8 Å². The van der Waals surface area contributed by atoms with Gasteiger partial charge in [0.1, 0.15) is 5.75 Å². The van der Waals surface area contributed by atoms with Gasteiger partial charge in [0, 0.05) is 24.2 Å². The fraction of sp³-hybridized carbons (Fsp3) is 0.444. The van der Waals surface area contributed by atoms with Gasteiger partial charge in [-0.25, -0.2) is 0 Å². The molecule has 8 nitrogen and oxygen atoms in total. The monoisotopic (exact) mass is 600 g/mol. The molecule has 2 heterocycles. The predicted octanol–water partition coefficient (Wildman–Crippen LogP) is 6.67. The highest BCUT2D eigenvalue weighted by molar-refractivity contribution is 5.94. The van der Waals surface area contributed by atoms with E-state index in [9.17, 15) is 14.7 Å². The van der Waals surface area contributed by atoms with Crippen LogP contribution in [0.15, 0.2) is 48.5 Å². The number of likely N-dealkylation sites (tertiary alicyclic amines) is 1. The van der Waals surface area contributed by atoms with E-state index < -0.39 is 17.9 Å². The number of anilines is 1. The first kappa shape index (κ1) is 31.4. The van der Waals surface area contributed by atoms with E-state index in [0.29, 0.717) is 30.6 Å². The first-order valence-corrected chi connectivity index (χ1v) is 15.6. The van der Waals surface area contributed by atoms with Gasteiger partial charge in [-0.15, -0.1) is 0 Å². The number of rotatable bonds is 11. The molecule has 3 atom stereocenters. The number of benzene rings is 3. The topological polar surface area (TPSA) is 97.3 Å². The number of amides is 1. The minimum absolute atomic E-state index is 0.0559. The summed E-state index contributed by atoms with van der Waals surface area (Å²) >= 11 is 0. The average Bonchev–Trinajstić information content (AvgIpc) is 3.63. The minimum Gasteiger partial charge on any atom is -0.493 e. The predicted molar refractivity (Wildman–Crippen MR) is 171 cm³/mol. The van der Waals surface area contributed by atoms with Crippen LogP contribution in [0.1, 0.15) is 73.0 Å². The fourth-order valence-electron chi connectivity index (χ4n) is 6.68. The molecule has 234 valence electrons. The van der Waals surface area contributed by atoms with Crippen LogP contribution in [-0.2, 0) is 22.4 Å². The van der Waals surface area contributed by atoms with Crippen LogP contribution in [0.5, 0.6) is 17.2 Å². The van der Waals surface area contributed by atoms with Crippen LogP contribution in [0.3, 0.4) is 0 Å². The molecule has 0 aliphatic carbocycles. The summed E-state index contributed by atoms with van der Waals surface area (Å²) in [5.74, 6) is 0.220. The third-order valence-corrected chi connectivity index (χ3v) is 8.74. The van der Waals surface area contributed by atoms with Crippen molar-refractivity contribution >= 4 is 17.6 Å². The van der Waals surface area contributed by atoms with Crippen LogP contribution in [0.25, 0.3) is 0 Å². The van der Waals surface area contributed by atoms with Gasteiger partial charge in [0.05, 0.1) is 19.1 Å². The Labute approximate surface area is 260 Å². The van der Waals surface area contributed by atoms with Gasteiger partial charge < -0.3 is 24.6 Å². The highest BCUT2D eigenvalue weighted by Crippen LogP contribution is 2.49. The third-order valence-electron chi connectivity index (χ3n) is 8.74. The second kappa shape index (κ2) is 13.3. The van der Waals surface area contributed by atoms with Crippen LogP contribution < -0.4 is 19.5 Å². The minimum atomic E-state index is -0.903. The molecule has 0 bridgehead atoms. The number of nitrogens with one attached hydrogen (secondary N) is 1. The van der Waals surface area contributed by atoms with Crippen molar-refractivity contribution in [2.45, 2.75) is 66.3 Å². The van der Waals surface area contributed by atoms with Gasteiger partial charge in [0.25, 0.3) is 0 Å². The zero-order valence-corrected chi connectivity index (χ0v) is 26.6. The fourth-order valence-corrected chi connectivity index (χ4v) is 6.68. The zero-order valence-electron chi connectivity index (χ0n) is 26.6. The van der Waals surface area contributed by atoms with Gasteiger partial charge in [-0.05, 0) is 78.6 Å². The number of carbonyl (C=O) groups is 2. The van der Waals surface area contributed by atoms with Crippen molar-refractivity contribution in [3.8, 4) is 17.2 Å². The SMILES string of the molecule is CCc1cc(C)cc(CC)c1NC(=O)CN1C[C@H](c2ccc3c(c2C)OCO3)C(C(=O)O)[C@@H]1c1ccc(OCC(C)C)cc1. The molecule has 2 aliphatic rings. The van der Waals surface area contributed by atoms with Gasteiger partial charge in [0.2, 0.25) is 12.7 Å². The summed E-state index contributed by atoms with van der Waals surface area (Å²) in [5.41, 5.74) is 6.84. The lowest BCUT2D eigenvalue weighted by molar-refractivity contribution is -0.143. The van der Waals surface area contributed by atoms with E-state index in [2.05, 4.69) is 52.1 Å². The number of nitrogens with zero attached hydrogens (tertiary/aromatic N) is 1. The Morgan fingerprint density at radius 3 is 2.32 bits per heavy atom. The number of hydrogen-bond donors (Lipinski definition) is 2. The number of carbonyl (C=O) groups excluding carboxylic acids is 1. The molecule has 0 saturated carbocycles. The van der Waals surface area contributed by atoms with Crippen LogP contribution in [0.4, 0.5) is 5.69 Å². The molecule has 1 amide bonds. The molecule has 1 saturated heterocycles. The molecule has 5 rings (SSSR count). The van der Waals surface area contributed by atoms with Gasteiger partial charge in [-0.1, -0.05) is 63.6 Å². The van der Waals surface area contributed by atoms with Crippen LogP contribution >= 0.6 is 0 Å². The van der Waals surface area contributed by atoms with E-state index in [0.717, 1.165) is 52.1 Å². The first-order chi connectivity index (χ1) is 21.1. The number of hydrogen-bond acceptors (Lipinski definition) is 6. The zero-order chi connectivity index (χ0) is 31.5. The summed E-state index contributed by atoms with van der Waals surface area (Å²) in [4.78, 5) is 28.8. The molecular formula is C36H44N2O6. The quantitative estimate of drug-likeness (QED) is 0.254. The van der Waals surface area contributed by atoms with Crippen molar-refractivity contribution in [2.24, 2.45) is 11.8 Å². The van der Waals surface area contributed by atoms with Crippen molar-refractivity contribution < 1.29 is 28.9 Å². The molecule has 2 aliphatic heterocycles. The summed E-state index contributed by atoms with van der Waals surface area (Å²) < 4.78 is 17.2. The second-order valence-corrected chi connectivity index (χ2v) is 12.3. The number of aliphatic carboxylic acids is 1. The summed E-state index contributed by atoms with van der Waals surface area (Å²) in [6, 6.07) is 15.2. The lowest BCUT2D eigenvalue weighted by Crippen LogP contribution is -2.35. The van der Waals surface area contributed by atoms with Crippen LogP contribution in [-0.4, -0.2) is 48.4 Å². The Morgan fingerprint density at radius 1 is 1.02 bits per heavy atom. The first-order valence-electron chi connectivity index (χ1n) is 15.6. The van der Waals surface area contributed by atoms with E-state index >= 15 is 0 Å². The normalized spacial score (nSPS) is 19.4. The number of ether oxygens (including phenoxy) is 3. The number of carboxylic acids is 1. The smallest absolute Gasteiger partial charge is 0.309 e. The maximum absolute atomic E-state index is 13.8. The highest BCUT2D eigenvalue weighted by Gasteiger charge is 2.48. The van der Waals surface area contributed by atoms with Crippen molar-refractivity contribution in [3.05, 3.63) is 81.9 Å². The van der Waals surface area contributed by atoms with Crippen molar-refractivity contribution in [1.29, 1.82) is 0 Å². The van der Waals surface area contributed by atoms with Gasteiger partial charge in [0.15, 0.2) is 11.5 Å². The maximum atomic E-state index is 13.8. The summed E-state index contributed by atoms with van der Waals surface area (Å²) in [5, 5.41) is 13.9. The summed E-state index contributed by atoms with van der Waals surface area (Å²) in [6.45, 7) is 13.6. The molecular weight excluding hydrogens is 556 g/mol. The lowest BCUT2D eigenvalue weighted by Gasteiger charge is -2.27. The van der Waals surface area contributed by atoms with Crippen molar-refractivity contribution in [1.82, 2.24) is 4.90 Å². The summed E-state index contributed by atoms with van der Waals surface area (Å²) in [7, 11) is 0. The van der Waals surface area contributed by atoms with E-state index in [4.69, 9.17) is 14.2 Å². The number of carboxylic acid groups (broad SMARTS) is 1. The standard InChI is InChI=1S/C36H44N2O6/c1-7-24-15-22(5)16-25(8-2)33(24)37-31(39)18-38-17-29(28-13-14-30-35(23(28)6)44-20-43-30)32(36(40)41)34(38)26-9-11-27(12-10-26)42-19-21(3)4/h9-16,21,29,32,34H,7-8,17-20H2,1-6H3,(H,37,39)(H,40,41)/t29-,32?,34+/m1/s1. The molecule has 2 N–H and O–H groups in total. The summed E-state index contributed by atoms with van der Waals surface area (Å²) in [6.07, 6.45) is 1.60. The van der Waals surface area contributed by atoms with Crippen molar-refractivity contribution in [3.63, 3.8) is 0 Å². The van der Waals surface area contributed by atoms with Gasteiger partial charge >= 0.3 is 5.97 Å². The van der Waals surface area contributed by atoms with E-state index in [1.807, 2.05) is 48.2 Å². The highest BCUT2D eigenvalue weighted by atomic mass is 16.7. The lowest BCUT2D eigenvalue weighted by atomic mass is 9.81. The van der Waals surface area contributed by atoms with E-state index in [1.54, 1.807) is 0 Å². The van der Waals surface area contributed by atoms with Gasteiger partial charge in [-0.3, -0.25) is 14.5 Å². The largest absolute Gasteiger partial charge is 0.493 e.